The first-order valence-electron chi connectivity index (χ1n) is 4.15. The van der Waals surface area contributed by atoms with Crippen LogP contribution >= 0.6 is 0 Å². The molecule has 0 aliphatic carbocycles. The Bertz CT molecular complexity index is 369. The van der Waals surface area contributed by atoms with Gasteiger partial charge in [0.05, 0.1) is 7.11 Å². The highest BCUT2D eigenvalue weighted by Crippen LogP contribution is 2.25. The van der Waals surface area contributed by atoms with Gasteiger partial charge >= 0.3 is 0 Å². The number of nitrogens with zero attached hydrogens (tertiary/aromatic N) is 1. The van der Waals surface area contributed by atoms with E-state index in [2.05, 4.69) is 4.98 Å². The van der Waals surface area contributed by atoms with Crippen LogP contribution in [0.4, 0.5) is 8.78 Å². The summed E-state index contributed by atoms with van der Waals surface area (Å²) in [5.74, 6) is -0.0235. The van der Waals surface area contributed by atoms with Crippen LogP contribution in [0.25, 0.3) is 0 Å². The smallest absolute Gasteiger partial charge is 0.280 e. The molecule has 6 heteroatoms. The molecule has 1 aromatic rings. The Kier molecular flexibility index (Phi) is 3.68. The Morgan fingerprint density at radius 3 is 2.73 bits per heavy atom. The summed E-state index contributed by atoms with van der Waals surface area (Å²) < 4.78 is 29.8. The lowest BCUT2D eigenvalue weighted by molar-refractivity contribution is 0.112. The van der Waals surface area contributed by atoms with Crippen LogP contribution in [0.2, 0.25) is 0 Å². The maximum absolute atomic E-state index is 12.6. The molecule has 0 spiro atoms. The number of aromatic nitrogens is 1. The number of methoxy groups -OCH3 is 1. The van der Waals surface area contributed by atoms with Crippen molar-refractivity contribution in [3.8, 4) is 5.88 Å². The van der Waals surface area contributed by atoms with Gasteiger partial charge < -0.3 is 10.5 Å². The highest BCUT2D eigenvalue weighted by molar-refractivity contribution is 5.78. The Balaban J connectivity index is 3.38. The predicted molar refractivity (Wildman–Crippen MR) is 49.0 cm³/mol. The second kappa shape index (κ2) is 4.79. The Morgan fingerprint density at radius 2 is 2.33 bits per heavy atom. The van der Waals surface area contributed by atoms with Gasteiger partial charge in [0.1, 0.15) is 5.69 Å². The first-order valence-corrected chi connectivity index (χ1v) is 4.15. The lowest BCUT2D eigenvalue weighted by atomic mass is 10.1. The van der Waals surface area contributed by atoms with Crippen LogP contribution < -0.4 is 10.5 Å². The zero-order chi connectivity index (χ0) is 11.4. The molecule has 0 saturated carbocycles. The second-order valence-electron chi connectivity index (χ2n) is 2.74. The van der Waals surface area contributed by atoms with Gasteiger partial charge in [-0.05, 0) is 0 Å². The normalized spacial score (nSPS) is 10.5. The molecule has 2 N–H and O–H groups in total. The molecule has 82 valence electrons. The summed E-state index contributed by atoms with van der Waals surface area (Å²) in [6.07, 6.45) is -2.32. The number of ether oxygens (including phenoxy) is 1. The van der Waals surface area contributed by atoms with Gasteiger partial charge in [0, 0.05) is 23.7 Å². The van der Waals surface area contributed by atoms with Gasteiger partial charge in [0.2, 0.25) is 5.88 Å². The van der Waals surface area contributed by atoms with E-state index in [1.165, 1.54) is 13.2 Å². The van der Waals surface area contributed by atoms with Gasteiger partial charge in [-0.15, -0.1) is 0 Å². The number of rotatable bonds is 4. The van der Waals surface area contributed by atoms with E-state index < -0.39 is 12.1 Å². The topological polar surface area (TPSA) is 65.2 Å². The quantitative estimate of drug-likeness (QED) is 0.770. The second-order valence-corrected chi connectivity index (χ2v) is 2.74. The SMILES string of the molecule is COc1cc(C=O)c(CN)c(C(F)F)n1. The van der Waals surface area contributed by atoms with Crippen molar-refractivity contribution in [2.24, 2.45) is 5.73 Å². The monoisotopic (exact) mass is 216 g/mol. The van der Waals surface area contributed by atoms with Crippen LogP contribution in [-0.2, 0) is 6.54 Å². The molecule has 0 amide bonds. The molecule has 15 heavy (non-hydrogen) atoms. The molecule has 4 nitrogen and oxygen atoms in total. The fraction of sp³-hybridized carbons (Fsp3) is 0.333. The highest BCUT2D eigenvalue weighted by Gasteiger charge is 2.18. The fourth-order valence-corrected chi connectivity index (χ4v) is 1.20. The number of pyridine rings is 1. The molecule has 1 aromatic heterocycles. The number of carbonyl (C=O) groups excluding carboxylic acids is 1. The summed E-state index contributed by atoms with van der Waals surface area (Å²) >= 11 is 0. The van der Waals surface area contributed by atoms with Crippen molar-refractivity contribution in [1.29, 1.82) is 0 Å². The number of alkyl halides is 2. The van der Waals surface area contributed by atoms with E-state index in [-0.39, 0.29) is 23.6 Å². The minimum absolute atomic E-state index is 0.0235. The third kappa shape index (κ3) is 2.27. The lowest BCUT2D eigenvalue weighted by Crippen LogP contribution is -2.09. The molecule has 0 radical (unpaired) electrons. The number of aldehydes is 1. The fourth-order valence-electron chi connectivity index (χ4n) is 1.20. The minimum atomic E-state index is -2.78. The van der Waals surface area contributed by atoms with Gasteiger partial charge in [0.25, 0.3) is 6.43 Å². The molecule has 0 aliphatic heterocycles. The molecule has 0 saturated heterocycles. The number of hydrogen-bond acceptors (Lipinski definition) is 4. The summed E-state index contributed by atoms with van der Waals surface area (Å²) in [5, 5.41) is 0. The van der Waals surface area contributed by atoms with E-state index in [1.807, 2.05) is 0 Å². The Hall–Kier alpha value is -1.56. The maximum atomic E-state index is 12.6. The minimum Gasteiger partial charge on any atom is -0.481 e. The van der Waals surface area contributed by atoms with Gasteiger partial charge in [-0.1, -0.05) is 0 Å². The van der Waals surface area contributed by atoms with Gasteiger partial charge in [-0.2, -0.15) is 0 Å². The van der Waals surface area contributed by atoms with E-state index in [9.17, 15) is 13.6 Å². The number of carbonyl (C=O) groups is 1. The van der Waals surface area contributed by atoms with E-state index in [1.54, 1.807) is 0 Å². The lowest BCUT2D eigenvalue weighted by Gasteiger charge is -2.10. The third-order valence-electron chi connectivity index (χ3n) is 1.91. The van der Waals surface area contributed by atoms with E-state index in [4.69, 9.17) is 10.5 Å². The predicted octanol–water partition coefficient (Wildman–Crippen LogP) is 1.30. The molecule has 0 atom stereocenters. The van der Waals surface area contributed by atoms with Crippen LogP contribution in [0.1, 0.15) is 28.0 Å². The van der Waals surface area contributed by atoms with E-state index >= 15 is 0 Å². The average Bonchev–Trinajstić information content (AvgIpc) is 2.26. The van der Waals surface area contributed by atoms with Crippen molar-refractivity contribution in [2.45, 2.75) is 13.0 Å². The standard InChI is InChI=1S/C9H10F2N2O2/c1-15-7-2-5(4-14)6(3-12)8(13-7)9(10)11/h2,4,9H,3,12H2,1H3. The average molecular weight is 216 g/mol. The number of hydrogen-bond donors (Lipinski definition) is 1. The van der Waals surface area contributed by atoms with Gasteiger partial charge in [0.15, 0.2) is 6.29 Å². The summed E-state index contributed by atoms with van der Waals surface area (Å²) in [5.41, 5.74) is 4.92. The molecule has 1 heterocycles. The molecular formula is C9H10F2N2O2. The van der Waals surface area contributed by atoms with Gasteiger partial charge in [-0.3, -0.25) is 4.79 Å². The molecule has 0 aliphatic rings. The first kappa shape index (κ1) is 11.5. The van der Waals surface area contributed by atoms with Crippen LogP contribution in [0.3, 0.4) is 0 Å². The summed E-state index contributed by atoms with van der Waals surface area (Å²) in [4.78, 5) is 14.2. The summed E-state index contributed by atoms with van der Waals surface area (Å²) in [6.45, 7) is -0.162. The van der Waals surface area contributed by atoms with E-state index in [0.29, 0.717) is 6.29 Å². The summed E-state index contributed by atoms with van der Waals surface area (Å²) in [7, 11) is 1.29. The van der Waals surface area contributed by atoms with Crippen LogP contribution in [0, 0.1) is 0 Å². The molecule has 0 aromatic carbocycles. The summed E-state index contributed by atoms with van der Waals surface area (Å²) in [6, 6.07) is 1.28. The largest absolute Gasteiger partial charge is 0.481 e. The van der Waals surface area contributed by atoms with Crippen molar-refractivity contribution in [2.75, 3.05) is 7.11 Å². The number of halogens is 2. The van der Waals surface area contributed by atoms with Crippen molar-refractivity contribution in [3.05, 3.63) is 22.9 Å². The number of nitrogens with two attached hydrogens (primary N) is 1. The molecule has 1 rings (SSSR count). The Labute approximate surface area is 85.1 Å². The molecule has 0 bridgehead atoms. The molecule has 0 fully saturated rings. The van der Waals surface area contributed by atoms with Crippen molar-refractivity contribution < 1.29 is 18.3 Å². The van der Waals surface area contributed by atoms with Crippen LogP contribution in [0.5, 0.6) is 5.88 Å². The van der Waals surface area contributed by atoms with Gasteiger partial charge in [-0.25, -0.2) is 13.8 Å². The van der Waals surface area contributed by atoms with Crippen molar-refractivity contribution in [1.82, 2.24) is 4.98 Å². The van der Waals surface area contributed by atoms with Crippen molar-refractivity contribution >= 4 is 6.29 Å². The molecular weight excluding hydrogens is 206 g/mol. The molecule has 0 unspecified atom stereocenters. The van der Waals surface area contributed by atoms with Crippen molar-refractivity contribution in [3.63, 3.8) is 0 Å². The van der Waals surface area contributed by atoms with Crippen LogP contribution in [-0.4, -0.2) is 18.4 Å². The zero-order valence-corrected chi connectivity index (χ0v) is 8.04. The van der Waals surface area contributed by atoms with Crippen LogP contribution in [0.15, 0.2) is 6.07 Å². The third-order valence-corrected chi connectivity index (χ3v) is 1.91. The highest BCUT2D eigenvalue weighted by atomic mass is 19.3. The Morgan fingerprint density at radius 1 is 1.67 bits per heavy atom. The maximum Gasteiger partial charge on any atom is 0.280 e. The van der Waals surface area contributed by atoms with E-state index in [0.717, 1.165) is 0 Å². The zero-order valence-electron chi connectivity index (χ0n) is 8.04. The first-order chi connectivity index (χ1) is 7.13.